The van der Waals surface area contributed by atoms with E-state index in [0.29, 0.717) is 25.2 Å². The van der Waals surface area contributed by atoms with Crippen molar-refractivity contribution in [3.63, 3.8) is 0 Å². The fourth-order valence-electron chi connectivity index (χ4n) is 4.77. The molecule has 4 nitrogen and oxygen atoms in total. The Bertz CT molecular complexity index is 1070. The molecule has 0 radical (unpaired) electrons. The summed E-state index contributed by atoms with van der Waals surface area (Å²) >= 11 is 0. The molecular weight excluding hydrogens is 384 g/mol. The maximum atomic E-state index is 12.9. The Morgan fingerprint density at radius 3 is 2.32 bits per heavy atom. The zero-order valence-electron chi connectivity index (χ0n) is 18.0. The van der Waals surface area contributed by atoms with E-state index < -0.39 is 5.41 Å². The van der Waals surface area contributed by atoms with Crippen LogP contribution in [0.1, 0.15) is 36.8 Å². The summed E-state index contributed by atoms with van der Waals surface area (Å²) in [6, 6.07) is 24.3. The number of fused-ring (bicyclic) bond motifs is 1. The molecule has 1 aliphatic carbocycles. The lowest BCUT2D eigenvalue weighted by molar-refractivity contribution is -0.128. The molecule has 3 aromatic rings. The van der Waals surface area contributed by atoms with Gasteiger partial charge in [-0.05, 0) is 47.1 Å². The second kappa shape index (κ2) is 8.93. The number of nitrogens with one attached hydrogen (secondary N) is 1. The van der Waals surface area contributed by atoms with Crippen molar-refractivity contribution in [1.29, 1.82) is 0 Å². The Morgan fingerprint density at radius 2 is 1.68 bits per heavy atom. The van der Waals surface area contributed by atoms with Crippen molar-refractivity contribution in [3.8, 4) is 0 Å². The van der Waals surface area contributed by atoms with Gasteiger partial charge in [0.2, 0.25) is 11.8 Å². The fraction of sp³-hybridized carbons (Fsp3) is 0.333. The van der Waals surface area contributed by atoms with Gasteiger partial charge in [0.05, 0.1) is 5.41 Å². The summed E-state index contributed by atoms with van der Waals surface area (Å²) in [5.41, 5.74) is 7.24. The molecule has 1 aliphatic rings. The molecule has 2 atom stereocenters. The van der Waals surface area contributed by atoms with Gasteiger partial charge in [-0.3, -0.25) is 9.59 Å². The first-order valence-corrected chi connectivity index (χ1v) is 11.1. The van der Waals surface area contributed by atoms with Crippen LogP contribution in [-0.4, -0.2) is 18.9 Å². The van der Waals surface area contributed by atoms with Crippen molar-refractivity contribution in [1.82, 2.24) is 5.32 Å². The van der Waals surface area contributed by atoms with Gasteiger partial charge in [-0.1, -0.05) is 85.6 Å². The van der Waals surface area contributed by atoms with E-state index in [0.717, 1.165) is 29.4 Å². The summed E-state index contributed by atoms with van der Waals surface area (Å²) in [4.78, 5) is 25.9. The summed E-state index contributed by atoms with van der Waals surface area (Å²) in [7, 11) is 1.66. The lowest BCUT2D eigenvalue weighted by atomic mass is 9.68. The van der Waals surface area contributed by atoms with Gasteiger partial charge in [-0.15, -0.1) is 0 Å². The van der Waals surface area contributed by atoms with Crippen LogP contribution in [0.4, 0.5) is 0 Å². The van der Waals surface area contributed by atoms with Crippen LogP contribution in [0.25, 0.3) is 10.8 Å². The highest BCUT2D eigenvalue weighted by atomic mass is 16.2. The van der Waals surface area contributed by atoms with Crippen LogP contribution in [0.5, 0.6) is 0 Å². The zero-order valence-corrected chi connectivity index (χ0v) is 18.0. The Kier molecular flexibility index (Phi) is 6.08. The Hall–Kier alpha value is -3.14. The Balaban J connectivity index is 1.69. The maximum absolute atomic E-state index is 12.9. The smallest absolute Gasteiger partial charge is 0.228 e. The number of hydrogen-bond donors (Lipinski definition) is 2. The van der Waals surface area contributed by atoms with Crippen LogP contribution in [0, 0.1) is 11.8 Å². The first-order chi connectivity index (χ1) is 15.0. The molecule has 1 saturated carbocycles. The van der Waals surface area contributed by atoms with Crippen LogP contribution < -0.4 is 11.1 Å². The average Bonchev–Trinajstić information content (AvgIpc) is 3.61. The molecule has 31 heavy (non-hydrogen) atoms. The third-order valence-electron chi connectivity index (χ3n) is 6.64. The van der Waals surface area contributed by atoms with E-state index in [1.807, 2.05) is 42.5 Å². The second-order valence-corrected chi connectivity index (χ2v) is 8.86. The first-order valence-electron chi connectivity index (χ1n) is 11.1. The highest BCUT2D eigenvalue weighted by Gasteiger charge is 2.45. The van der Waals surface area contributed by atoms with Crippen LogP contribution in [0.2, 0.25) is 0 Å². The van der Waals surface area contributed by atoms with Gasteiger partial charge in [-0.25, -0.2) is 0 Å². The van der Waals surface area contributed by atoms with E-state index >= 15 is 0 Å². The molecule has 0 aromatic heterocycles. The molecule has 1 fully saturated rings. The molecular formula is C27H30N2O2. The molecule has 0 spiro atoms. The normalized spacial score (nSPS) is 16.4. The molecule has 0 saturated heterocycles. The van der Waals surface area contributed by atoms with E-state index in [1.54, 1.807) is 7.05 Å². The van der Waals surface area contributed by atoms with Crippen LogP contribution >= 0.6 is 0 Å². The molecule has 2 unspecified atom stereocenters. The molecule has 2 amide bonds. The third kappa shape index (κ3) is 4.63. The highest BCUT2D eigenvalue weighted by molar-refractivity contribution is 5.88. The number of carbonyl (C=O) groups excluding carboxylic acids is 2. The largest absolute Gasteiger partial charge is 0.369 e. The number of carbonyl (C=O) groups is 2. The summed E-state index contributed by atoms with van der Waals surface area (Å²) in [5, 5.41) is 5.14. The summed E-state index contributed by atoms with van der Waals surface area (Å²) in [5.74, 6) is -0.236. The molecule has 4 heteroatoms. The summed E-state index contributed by atoms with van der Waals surface area (Å²) in [6.45, 7) is 0. The lowest BCUT2D eigenvalue weighted by Gasteiger charge is -2.34. The van der Waals surface area contributed by atoms with Crippen LogP contribution in [-0.2, 0) is 21.4 Å². The summed E-state index contributed by atoms with van der Waals surface area (Å²) in [6.07, 6.45) is 3.93. The molecule has 0 bridgehead atoms. The lowest BCUT2D eigenvalue weighted by Crippen LogP contribution is -2.46. The zero-order chi connectivity index (χ0) is 21.8. The van der Waals surface area contributed by atoms with Gasteiger partial charge in [0, 0.05) is 13.0 Å². The van der Waals surface area contributed by atoms with Gasteiger partial charge in [0.1, 0.15) is 0 Å². The minimum Gasteiger partial charge on any atom is -0.369 e. The number of nitrogens with two attached hydrogens (primary N) is 1. The molecule has 0 aliphatic heterocycles. The second-order valence-electron chi connectivity index (χ2n) is 8.86. The quantitative estimate of drug-likeness (QED) is 0.546. The van der Waals surface area contributed by atoms with Crippen molar-refractivity contribution < 1.29 is 9.59 Å². The standard InChI is InChI=1S/C27H30N2O2/c1-29-25(30)23(16-20-13-14-21-7-5-6-8-22(21)15-20)18-27(26(28)31,17-19-11-12-19)24-9-3-2-4-10-24/h2-10,13-15,19,23H,11-12,16-18H2,1H3,(H2,28,31)(H,29,30). The molecule has 4 rings (SSSR count). The van der Waals surface area contributed by atoms with Crippen molar-refractivity contribution >= 4 is 22.6 Å². The predicted octanol–water partition coefficient (Wildman–Crippen LogP) is 4.36. The monoisotopic (exact) mass is 414 g/mol. The first kappa shape index (κ1) is 21.1. The average molecular weight is 415 g/mol. The number of benzene rings is 3. The Morgan fingerprint density at radius 1 is 1.00 bits per heavy atom. The van der Waals surface area contributed by atoms with E-state index in [1.165, 1.54) is 5.39 Å². The fourth-order valence-corrected chi connectivity index (χ4v) is 4.77. The summed E-state index contributed by atoms with van der Waals surface area (Å²) < 4.78 is 0. The molecule has 3 N–H and O–H groups in total. The van der Waals surface area contributed by atoms with Crippen molar-refractivity contribution in [2.24, 2.45) is 17.6 Å². The molecule has 3 aromatic carbocycles. The highest BCUT2D eigenvalue weighted by Crippen LogP contribution is 2.45. The van der Waals surface area contributed by atoms with Crippen LogP contribution in [0.15, 0.2) is 72.8 Å². The Labute approximate surface area is 183 Å². The van der Waals surface area contributed by atoms with E-state index in [-0.39, 0.29) is 17.7 Å². The van der Waals surface area contributed by atoms with Gasteiger partial charge < -0.3 is 11.1 Å². The van der Waals surface area contributed by atoms with Crippen molar-refractivity contribution in [3.05, 3.63) is 83.9 Å². The van der Waals surface area contributed by atoms with E-state index in [9.17, 15) is 9.59 Å². The van der Waals surface area contributed by atoms with Crippen molar-refractivity contribution in [2.45, 2.75) is 37.5 Å². The third-order valence-corrected chi connectivity index (χ3v) is 6.64. The van der Waals surface area contributed by atoms with Crippen molar-refractivity contribution in [2.75, 3.05) is 7.05 Å². The topological polar surface area (TPSA) is 72.2 Å². The van der Waals surface area contributed by atoms with Gasteiger partial charge in [0.25, 0.3) is 0 Å². The maximum Gasteiger partial charge on any atom is 0.228 e. The van der Waals surface area contributed by atoms with E-state index in [4.69, 9.17) is 5.73 Å². The molecule has 160 valence electrons. The number of amides is 2. The minimum atomic E-state index is -0.837. The van der Waals surface area contributed by atoms with Gasteiger partial charge in [-0.2, -0.15) is 0 Å². The molecule has 0 heterocycles. The van der Waals surface area contributed by atoms with Crippen LogP contribution in [0.3, 0.4) is 0 Å². The van der Waals surface area contributed by atoms with E-state index in [2.05, 4.69) is 35.6 Å². The van der Waals surface area contributed by atoms with Gasteiger partial charge >= 0.3 is 0 Å². The number of hydrogen-bond acceptors (Lipinski definition) is 2. The van der Waals surface area contributed by atoms with Gasteiger partial charge in [0.15, 0.2) is 0 Å². The number of rotatable bonds is 9. The minimum absolute atomic E-state index is 0.0505. The predicted molar refractivity (Wildman–Crippen MR) is 124 cm³/mol. The number of primary amides is 1. The SMILES string of the molecule is CNC(=O)C(Cc1ccc2ccccc2c1)CC(CC1CC1)(C(N)=O)c1ccccc1.